The molecule has 39 heavy (non-hydrogen) atoms. The van der Waals surface area contributed by atoms with Crippen LogP contribution in [0.1, 0.15) is 36.9 Å². The van der Waals surface area contributed by atoms with Gasteiger partial charge in [0.2, 0.25) is 0 Å². The number of nitrogen functional groups attached to an aromatic ring is 1. The lowest BCUT2D eigenvalue weighted by atomic mass is 10.0. The van der Waals surface area contributed by atoms with Gasteiger partial charge in [-0.15, -0.1) is 0 Å². The number of benzene rings is 1. The molecule has 6 rings (SSSR count). The third kappa shape index (κ3) is 5.01. The summed E-state index contributed by atoms with van der Waals surface area (Å²) in [4.78, 5) is 18.6. The summed E-state index contributed by atoms with van der Waals surface area (Å²) < 4.78 is 2.09. The molecule has 8 heteroatoms. The number of fused-ring (bicyclic) bond motifs is 1. The summed E-state index contributed by atoms with van der Waals surface area (Å²) >= 11 is 0. The number of hydrogen-bond donors (Lipinski definition) is 1. The number of nitrogens with two attached hydrogens (primary N) is 1. The fraction of sp³-hybridized carbons (Fsp3) is 0.290. The van der Waals surface area contributed by atoms with Gasteiger partial charge in [-0.25, -0.2) is 15.0 Å². The number of rotatable bonds is 6. The first-order chi connectivity index (χ1) is 19.1. The van der Waals surface area contributed by atoms with Crippen molar-refractivity contribution in [3.8, 4) is 23.3 Å². The van der Waals surface area contributed by atoms with Crippen molar-refractivity contribution >= 4 is 22.6 Å². The van der Waals surface area contributed by atoms with Crippen LogP contribution in [-0.4, -0.2) is 55.5 Å². The zero-order valence-electron chi connectivity index (χ0n) is 22.2. The predicted octanol–water partition coefficient (Wildman–Crippen LogP) is 5.18. The van der Waals surface area contributed by atoms with Crippen LogP contribution in [-0.2, 0) is 6.54 Å². The van der Waals surface area contributed by atoms with Crippen LogP contribution in [0.25, 0.3) is 33.8 Å². The minimum atomic E-state index is 0.346. The molecule has 2 N–H and O–H groups in total. The SMILES string of the molecule is CN(C#N)C1CCN(Cc2ccc(-n3c(-c4cccnc4N)nc4ccc(C5=CCCC=C5)nc43)cc2)CC1. The van der Waals surface area contributed by atoms with E-state index < -0.39 is 0 Å². The Labute approximate surface area is 228 Å². The fourth-order valence-corrected chi connectivity index (χ4v) is 5.51. The van der Waals surface area contributed by atoms with Gasteiger partial charge >= 0.3 is 0 Å². The van der Waals surface area contributed by atoms with Gasteiger partial charge in [0.05, 0.1) is 11.3 Å². The number of likely N-dealkylation sites (tertiary alicyclic amines) is 1. The van der Waals surface area contributed by atoms with Gasteiger partial charge in [0.1, 0.15) is 11.3 Å². The first-order valence-corrected chi connectivity index (χ1v) is 13.5. The molecule has 8 nitrogen and oxygen atoms in total. The lowest BCUT2D eigenvalue weighted by molar-refractivity contribution is 0.154. The van der Waals surface area contributed by atoms with E-state index in [1.807, 2.05) is 31.3 Å². The molecule has 0 spiro atoms. The Morgan fingerprint density at radius 1 is 1.05 bits per heavy atom. The Kier molecular flexibility index (Phi) is 6.82. The van der Waals surface area contributed by atoms with Crippen LogP contribution < -0.4 is 5.73 Å². The highest BCUT2D eigenvalue weighted by Gasteiger charge is 2.22. The number of hydrogen-bond acceptors (Lipinski definition) is 7. The van der Waals surface area contributed by atoms with Crippen molar-refractivity contribution in [2.24, 2.45) is 0 Å². The summed E-state index contributed by atoms with van der Waals surface area (Å²) in [5, 5.41) is 9.18. The number of piperidine rings is 1. The molecule has 0 atom stereocenters. The monoisotopic (exact) mass is 516 g/mol. The van der Waals surface area contributed by atoms with Gasteiger partial charge in [-0.3, -0.25) is 9.47 Å². The highest BCUT2D eigenvalue weighted by molar-refractivity contribution is 5.85. The van der Waals surface area contributed by atoms with Crippen molar-refractivity contribution in [3.63, 3.8) is 0 Å². The van der Waals surface area contributed by atoms with Crippen molar-refractivity contribution in [1.29, 1.82) is 5.26 Å². The van der Waals surface area contributed by atoms with Gasteiger partial charge < -0.3 is 10.6 Å². The van der Waals surface area contributed by atoms with E-state index in [4.69, 9.17) is 15.7 Å². The molecule has 1 aliphatic carbocycles. The molecule has 0 unspecified atom stereocenters. The van der Waals surface area contributed by atoms with Crippen LogP contribution >= 0.6 is 0 Å². The summed E-state index contributed by atoms with van der Waals surface area (Å²) in [7, 11) is 1.88. The second kappa shape index (κ2) is 10.7. The van der Waals surface area contributed by atoms with E-state index in [0.29, 0.717) is 11.9 Å². The summed E-state index contributed by atoms with van der Waals surface area (Å²) in [6, 6.07) is 16.9. The van der Waals surface area contributed by atoms with E-state index in [-0.39, 0.29) is 0 Å². The third-order valence-electron chi connectivity index (χ3n) is 7.74. The van der Waals surface area contributed by atoms with Gasteiger partial charge in [0, 0.05) is 44.6 Å². The molecular weight excluding hydrogens is 484 g/mol. The molecular formula is C31H32N8. The molecule has 0 saturated carbocycles. The first kappa shape index (κ1) is 24.8. The molecule has 1 aliphatic heterocycles. The highest BCUT2D eigenvalue weighted by atomic mass is 15.2. The van der Waals surface area contributed by atoms with Gasteiger partial charge in [-0.1, -0.05) is 30.4 Å². The Hall–Kier alpha value is -4.48. The molecule has 3 aromatic heterocycles. The second-order valence-corrected chi connectivity index (χ2v) is 10.3. The maximum atomic E-state index is 9.18. The van der Waals surface area contributed by atoms with Crippen molar-refractivity contribution in [2.45, 2.75) is 38.3 Å². The van der Waals surface area contributed by atoms with E-state index in [0.717, 1.165) is 84.8 Å². The topological polar surface area (TPSA) is 99.9 Å². The average Bonchev–Trinajstić information content (AvgIpc) is 3.37. The standard InChI is InChI=1S/C31H32N8/c1-37(21-32)24-15-18-38(19-16-24)20-22-9-11-25(12-10-22)39-30(26-8-5-17-34-29(26)33)36-28-14-13-27(35-31(28)39)23-6-3-2-4-7-23/h3,5-14,17,24H,2,4,15-16,18-20H2,1H3,(H2,33,34). The van der Waals surface area contributed by atoms with E-state index in [1.54, 1.807) is 11.1 Å². The molecule has 0 radical (unpaired) electrons. The molecule has 1 aromatic carbocycles. The van der Waals surface area contributed by atoms with E-state index >= 15 is 0 Å². The van der Waals surface area contributed by atoms with E-state index in [1.165, 1.54) is 5.56 Å². The first-order valence-electron chi connectivity index (χ1n) is 13.5. The van der Waals surface area contributed by atoms with Crippen molar-refractivity contribution in [3.05, 3.63) is 84.2 Å². The minimum Gasteiger partial charge on any atom is -0.383 e. The third-order valence-corrected chi connectivity index (χ3v) is 7.74. The zero-order valence-corrected chi connectivity index (χ0v) is 22.2. The number of allylic oxidation sites excluding steroid dienone is 4. The number of pyridine rings is 2. The maximum Gasteiger partial charge on any atom is 0.179 e. The normalized spacial score (nSPS) is 16.3. The van der Waals surface area contributed by atoms with E-state index in [9.17, 15) is 5.26 Å². The van der Waals surface area contributed by atoms with Crippen molar-refractivity contribution in [2.75, 3.05) is 25.9 Å². The smallest absolute Gasteiger partial charge is 0.179 e. The maximum absolute atomic E-state index is 9.18. The van der Waals surface area contributed by atoms with Crippen LogP contribution in [0, 0.1) is 11.5 Å². The molecule has 2 aliphatic rings. The number of aromatic nitrogens is 4. The van der Waals surface area contributed by atoms with Gasteiger partial charge in [-0.05, 0) is 73.2 Å². The summed E-state index contributed by atoms with van der Waals surface area (Å²) in [6.45, 7) is 2.87. The Morgan fingerprint density at radius 3 is 2.59 bits per heavy atom. The molecule has 1 saturated heterocycles. The van der Waals surface area contributed by atoms with Crippen LogP contribution in [0.4, 0.5) is 5.82 Å². The Balaban J connectivity index is 1.34. The van der Waals surface area contributed by atoms with E-state index in [2.05, 4.69) is 63.1 Å². The molecule has 0 amide bonds. The summed E-state index contributed by atoms with van der Waals surface area (Å²) in [5.74, 6) is 1.17. The number of anilines is 1. The van der Waals surface area contributed by atoms with Crippen molar-refractivity contribution < 1.29 is 0 Å². The fourth-order valence-electron chi connectivity index (χ4n) is 5.51. The lowest BCUT2D eigenvalue weighted by Crippen LogP contribution is -2.41. The minimum absolute atomic E-state index is 0.346. The zero-order chi connectivity index (χ0) is 26.8. The van der Waals surface area contributed by atoms with Crippen LogP contribution in [0.2, 0.25) is 0 Å². The Bertz CT molecular complexity index is 1580. The predicted molar refractivity (Wildman–Crippen MR) is 155 cm³/mol. The number of nitriles is 1. The molecule has 0 bridgehead atoms. The summed E-state index contributed by atoms with van der Waals surface area (Å²) in [5.41, 5.74) is 13.0. The largest absolute Gasteiger partial charge is 0.383 e. The van der Waals surface area contributed by atoms with Gasteiger partial charge in [0.25, 0.3) is 0 Å². The van der Waals surface area contributed by atoms with Gasteiger partial charge in [0.15, 0.2) is 17.7 Å². The molecule has 1 fully saturated rings. The second-order valence-electron chi connectivity index (χ2n) is 10.3. The van der Waals surface area contributed by atoms with Gasteiger partial charge in [-0.2, -0.15) is 5.26 Å². The molecule has 196 valence electrons. The van der Waals surface area contributed by atoms with Crippen molar-refractivity contribution in [1.82, 2.24) is 29.3 Å². The number of imidazole rings is 1. The quantitative estimate of drug-likeness (QED) is 0.279. The molecule has 4 aromatic rings. The summed E-state index contributed by atoms with van der Waals surface area (Å²) in [6.07, 6.45) is 14.7. The highest BCUT2D eigenvalue weighted by Crippen LogP contribution is 2.32. The lowest BCUT2D eigenvalue weighted by Gasteiger charge is -2.34. The molecule has 4 heterocycles. The number of nitrogens with zero attached hydrogens (tertiary/aromatic N) is 7. The Morgan fingerprint density at radius 2 is 1.87 bits per heavy atom. The van der Waals surface area contributed by atoms with Crippen LogP contribution in [0.3, 0.4) is 0 Å². The van der Waals surface area contributed by atoms with Crippen LogP contribution in [0.5, 0.6) is 0 Å². The van der Waals surface area contributed by atoms with Crippen LogP contribution in [0.15, 0.2) is 73.0 Å². The average molecular weight is 517 g/mol.